The molecule has 1 aliphatic heterocycles. The number of hydrogen-bond acceptors (Lipinski definition) is 2. The number of rotatable bonds is 8. The Morgan fingerprint density at radius 1 is 1.25 bits per heavy atom. The Bertz CT molecular complexity index is 170. The Morgan fingerprint density at radius 3 is 2.56 bits per heavy atom. The Morgan fingerprint density at radius 2 is 2.00 bits per heavy atom. The van der Waals surface area contributed by atoms with Gasteiger partial charge < -0.3 is 5.73 Å². The molecular formula is C14H30N2. The highest BCUT2D eigenvalue weighted by molar-refractivity contribution is 4.80. The minimum absolute atomic E-state index is 0.659. The summed E-state index contributed by atoms with van der Waals surface area (Å²) in [6.07, 6.45) is 9.59. The van der Waals surface area contributed by atoms with Crippen LogP contribution in [0.2, 0.25) is 0 Å². The maximum Gasteiger partial charge on any atom is 0.0218 e. The van der Waals surface area contributed by atoms with Gasteiger partial charge in [0, 0.05) is 19.1 Å². The van der Waals surface area contributed by atoms with E-state index in [1.54, 1.807) is 0 Å². The van der Waals surface area contributed by atoms with E-state index in [4.69, 9.17) is 5.73 Å². The van der Waals surface area contributed by atoms with Crippen molar-refractivity contribution in [3.8, 4) is 0 Å². The lowest BCUT2D eigenvalue weighted by Gasteiger charge is -2.26. The summed E-state index contributed by atoms with van der Waals surface area (Å²) in [6.45, 7) is 8.03. The monoisotopic (exact) mass is 226 g/mol. The second-order valence-corrected chi connectivity index (χ2v) is 5.48. The minimum atomic E-state index is 0.659. The lowest BCUT2D eigenvalue weighted by molar-refractivity contribution is 0.224. The normalized spacial score (nSPS) is 23.8. The summed E-state index contributed by atoms with van der Waals surface area (Å²) in [5, 5.41) is 0. The van der Waals surface area contributed by atoms with E-state index in [0.29, 0.717) is 6.04 Å². The molecule has 2 nitrogen and oxygen atoms in total. The Balaban J connectivity index is 2.11. The summed E-state index contributed by atoms with van der Waals surface area (Å²) in [4.78, 5) is 2.62. The summed E-state index contributed by atoms with van der Waals surface area (Å²) in [7, 11) is 0. The molecule has 0 aromatic carbocycles. The molecule has 0 aromatic heterocycles. The van der Waals surface area contributed by atoms with Gasteiger partial charge in [0.2, 0.25) is 0 Å². The molecule has 1 heterocycles. The zero-order valence-electron chi connectivity index (χ0n) is 11.3. The fourth-order valence-electron chi connectivity index (χ4n) is 2.73. The Kier molecular flexibility index (Phi) is 7.06. The molecule has 2 atom stereocenters. The van der Waals surface area contributed by atoms with Crippen LogP contribution in [0.3, 0.4) is 0 Å². The predicted octanol–water partition coefficient (Wildman–Crippen LogP) is 3.02. The average Bonchev–Trinajstić information content (AvgIpc) is 2.70. The van der Waals surface area contributed by atoms with Crippen LogP contribution in [0.1, 0.15) is 58.8 Å². The Labute approximate surface area is 102 Å². The van der Waals surface area contributed by atoms with Crippen molar-refractivity contribution >= 4 is 0 Å². The molecule has 1 fully saturated rings. The van der Waals surface area contributed by atoms with Crippen LogP contribution in [-0.4, -0.2) is 30.6 Å². The summed E-state index contributed by atoms with van der Waals surface area (Å²) in [5.74, 6) is 0.883. The van der Waals surface area contributed by atoms with Crippen molar-refractivity contribution in [1.29, 1.82) is 0 Å². The molecule has 1 aliphatic rings. The highest BCUT2D eigenvalue weighted by Crippen LogP contribution is 2.20. The number of likely N-dealkylation sites (tertiary alicyclic amines) is 1. The minimum Gasteiger partial charge on any atom is -0.329 e. The first kappa shape index (κ1) is 14.0. The molecule has 2 unspecified atom stereocenters. The van der Waals surface area contributed by atoms with Crippen LogP contribution in [0.5, 0.6) is 0 Å². The lowest BCUT2D eigenvalue weighted by atomic mass is 10.1. The number of nitrogens with two attached hydrogens (primary N) is 1. The van der Waals surface area contributed by atoms with Crippen LogP contribution in [0.15, 0.2) is 0 Å². The molecule has 1 rings (SSSR count). The van der Waals surface area contributed by atoms with Crippen molar-refractivity contribution < 1.29 is 0 Å². The van der Waals surface area contributed by atoms with E-state index < -0.39 is 0 Å². The summed E-state index contributed by atoms with van der Waals surface area (Å²) in [5.41, 5.74) is 5.90. The van der Waals surface area contributed by atoms with Crippen LogP contribution < -0.4 is 5.73 Å². The van der Waals surface area contributed by atoms with Crippen LogP contribution in [0.25, 0.3) is 0 Å². The van der Waals surface area contributed by atoms with E-state index in [9.17, 15) is 0 Å². The van der Waals surface area contributed by atoms with Gasteiger partial charge in [0.05, 0.1) is 0 Å². The van der Waals surface area contributed by atoms with Gasteiger partial charge in [0.15, 0.2) is 0 Å². The van der Waals surface area contributed by atoms with Crippen LogP contribution in [0, 0.1) is 5.92 Å². The molecular weight excluding hydrogens is 196 g/mol. The molecule has 0 aromatic rings. The van der Waals surface area contributed by atoms with Crippen molar-refractivity contribution in [1.82, 2.24) is 4.90 Å². The van der Waals surface area contributed by atoms with Gasteiger partial charge in [-0.25, -0.2) is 0 Å². The fraction of sp³-hybridized carbons (Fsp3) is 1.00. The van der Waals surface area contributed by atoms with Crippen molar-refractivity contribution in [2.75, 3.05) is 19.6 Å². The molecule has 1 saturated heterocycles. The van der Waals surface area contributed by atoms with Gasteiger partial charge in [0.25, 0.3) is 0 Å². The average molecular weight is 226 g/mol. The van der Waals surface area contributed by atoms with E-state index in [1.807, 2.05) is 0 Å². The largest absolute Gasteiger partial charge is 0.329 e. The van der Waals surface area contributed by atoms with E-state index in [1.165, 1.54) is 58.0 Å². The maximum absolute atomic E-state index is 5.90. The van der Waals surface area contributed by atoms with Gasteiger partial charge in [-0.3, -0.25) is 4.90 Å². The first-order chi connectivity index (χ1) is 7.77. The summed E-state index contributed by atoms with van der Waals surface area (Å²) < 4.78 is 0. The van der Waals surface area contributed by atoms with Crippen LogP contribution in [0.4, 0.5) is 0 Å². The van der Waals surface area contributed by atoms with E-state index in [0.717, 1.165) is 12.5 Å². The zero-order valence-corrected chi connectivity index (χ0v) is 11.3. The molecule has 0 bridgehead atoms. The van der Waals surface area contributed by atoms with Gasteiger partial charge in [-0.1, -0.05) is 46.0 Å². The first-order valence-electron chi connectivity index (χ1n) is 7.22. The summed E-state index contributed by atoms with van der Waals surface area (Å²) in [6, 6.07) is 0.659. The quantitative estimate of drug-likeness (QED) is 0.645. The highest BCUT2D eigenvalue weighted by Gasteiger charge is 2.24. The summed E-state index contributed by atoms with van der Waals surface area (Å²) >= 11 is 0. The SMILES string of the molecule is CCCCCCCC(CN)N1CCC(C)C1. The molecule has 16 heavy (non-hydrogen) atoms. The number of hydrogen-bond donors (Lipinski definition) is 1. The standard InChI is InChI=1S/C14H30N2/c1-3-4-5-6-7-8-14(11-15)16-10-9-13(2)12-16/h13-14H,3-12,15H2,1-2H3. The molecule has 0 radical (unpaired) electrons. The van der Waals surface area contributed by atoms with E-state index >= 15 is 0 Å². The van der Waals surface area contributed by atoms with Crippen molar-refractivity contribution in [3.63, 3.8) is 0 Å². The van der Waals surface area contributed by atoms with Crippen molar-refractivity contribution in [2.45, 2.75) is 64.8 Å². The number of unbranched alkanes of at least 4 members (excludes halogenated alkanes) is 4. The second-order valence-electron chi connectivity index (χ2n) is 5.48. The molecule has 0 aliphatic carbocycles. The van der Waals surface area contributed by atoms with Gasteiger partial charge in [0.1, 0.15) is 0 Å². The third kappa shape index (κ3) is 4.84. The third-order valence-corrected chi connectivity index (χ3v) is 3.88. The van der Waals surface area contributed by atoms with Crippen LogP contribution in [-0.2, 0) is 0 Å². The predicted molar refractivity (Wildman–Crippen MR) is 71.6 cm³/mol. The number of nitrogens with zero attached hydrogens (tertiary/aromatic N) is 1. The molecule has 96 valence electrons. The van der Waals surface area contributed by atoms with Crippen LogP contribution >= 0.6 is 0 Å². The molecule has 0 saturated carbocycles. The lowest BCUT2D eigenvalue weighted by Crippen LogP contribution is -2.39. The van der Waals surface area contributed by atoms with Gasteiger partial charge in [-0.15, -0.1) is 0 Å². The molecule has 2 heteroatoms. The second kappa shape index (κ2) is 8.08. The first-order valence-corrected chi connectivity index (χ1v) is 7.22. The van der Waals surface area contributed by atoms with Crippen molar-refractivity contribution in [3.05, 3.63) is 0 Å². The van der Waals surface area contributed by atoms with E-state index in [2.05, 4.69) is 18.7 Å². The van der Waals surface area contributed by atoms with E-state index in [-0.39, 0.29) is 0 Å². The molecule has 0 amide bonds. The van der Waals surface area contributed by atoms with Crippen molar-refractivity contribution in [2.24, 2.45) is 11.7 Å². The van der Waals surface area contributed by atoms with Gasteiger partial charge in [-0.2, -0.15) is 0 Å². The smallest absolute Gasteiger partial charge is 0.0218 e. The molecule has 2 N–H and O–H groups in total. The molecule has 0 spiro atoms. The third-order valence-electron chi connectivity index (χ3n) is 3.88. The van der Waals surface area contributed by atoms with Gasteiger partial charge >= 0.3 is 0 Å². The maximum atomic E-state index is 5.90. The topological polar surface area (TPSA) is 29.3 Å². The Hall–Kier alpha value is -0.0800. The van der Waals surface area contributed by atoms with Gasteiger partial charge in [-0.05, 0) is 25.3 Å². The fourth-order valence-corrected chi connectivity index (χ4v) is 2.73. The highest BCUT2D eigenvalue weighted by atomic mass is 15.2. The zero-order chi connectivity index (χ0) is 11.8.